The van der Waals surface area contributed by atoms with Gasteiger partial charge in [-0.25, -0.2) is 4.79 Å². The van der Waals surface area contributed by atoms with E-state index < -0.39 is 11.2 Å². The molecule has 0 unspecified atom stereocenters. The second kappa shape index (κ2) is 2.49. The zero-order chi connectivity index (χ0) is 7.56. The van der Waals surface area contributed by atoms with Gasteiger partial charge in [0.2, 0.25) is 0 Å². The fourth-order valence-electron chi connectivity index (χ4n) is 0.605. The molecule has 3 N–H and O–H groups in total. The zero-order valence-corrected chi connectivity index (χ0v) is 5.05. The monoisotopic (exact) mass is 142 g/mol. The molecule has 0 aliphatic heterocycles. The summed E-state index contributed by atoms with van der Waals surface area (Å²) in [6, 6.07) is 1.13. The van der Waals surface area contributed by atoms with Crippen molar-refractivity contribution in [1.82, 2.24) is 9.97 Å². The molecule has 0 saturated heterocycles. The van der Waals surface area contributed by atoms with E-state index in [0.29, 0.717) is 0 Å². The topological polar surface area (TPSA) is 85.9 Å². The van der Waals surface area contributed by atoms with Gasteiger partial charge in [-0.3, -0.25) is 9.78 Å². The first kappa shape index (κ1) is 6.76. The fourth-order valence-corrected chi connectivity index (χ4v) is 0.605. The maximum Gasteiger partial charge on any atom is 0.325 e. The molecular weight excluding hydrogens is 136 g/mol. The smallest absolute Gasteiger partial charge is 0.325 e. The lowest BCUT2D eigenvalue weighted by Gasteiger charge is -1.90. The summed E-state index contributed by atoms with van der Waals surface area (Å²) in [5, 5.41) is 8.46. The van der Waals surface area contributed by atoms with Crippen molar-refractivity contribution in [2.45, 2.75) is 6.61 Å². The summed E-state index contributed by atoms with van der Waals surface area (Å²) >= 11 is 0. The van der Waals surface area contributed by atoms with Crippen molar-refractivity contribution < 1.29 is 5.11 Å². The van der Waals surface area contributed by atoms with Crippen molar-refractivity contribution in [2.24, 2.45) is 0 Å². The molecule has 5 heteroatoms. The van der Waals surface area contributed by atoms with Crippen LogP contribution in [0.5, 0.6) is 0 Å². The van der Waals surface area contributed by atoms with Gasteiger partial charge in [0.15, 0.2) is 0 Å². The summed E-state index contributed by atoms with van der Waals surface area (Å²) in [7, 11) is 0. The number of aliphatic hydroxyl groups excluding tert-OH is 1. The summed E-state index contributed by atoms with van der Waals surface area (Å²) in [5.74, 6) is 0. The van der Waals surface area contributed by atoms with Crippen LogP contribution in [0.15, 0.2) is 15.7 Å². The minimum atomic E-state index is -0.600. The molecule has 0 aliphatic carbocycles. The van der Waals surface area contributed by atoms with E-state index in [9.17, 15) is 9.59 Å². The standard InChI is InChI=1S/C5H6N2O3/c8-2-3-1-4(9)7-5(10)6-3/h1,8H,2H2,(H2,6,7,9,10). The Morgan fingerprint density at radius 1 is 1.40 bits per heavy atom. The van der Waals surface area contributed by atoms with Crippen molar-refractivity contribution in [2.75, 3.05) is 0 Å². The first-order valence-electron chi connectivity index (χ1n) is 2.66. The molecule has 1 aromatic rings. The Bertz CT molecular complexity index is 296. The van der Waals surface area contributed by atoms with E-state index in [1.54, 1.807) is 0 Å². The maximum absolute atomic E-state index is 10.5. The van der Waals surface area contributed by atoms with E-state index in [4.69, 9.17) is 5.11 Å². The minimum Gasteiger partial charge on any atom is -0.390 e. The van der Waals surface area contributed by atoms with Crippen molar-refractivity contribution in [3.8, 4) is 0 Å². The Hall–Kier alpha value is -1.36. The first-order chi connectivity index (χ1) is 4.72. The van der Waals surface area contributed by atoms with Crippen LogP contribution in [0, 0.1) is 0 Å². The van der Waals surface area contributed by atoms with Crippen LogP contribution in [-0.2, 0) is 6.61 Å². The normalized spacial score (nSPS) is 9.70. The third-order valence-electron chi connectivity index (χ3n) is 0.986. The summed E-state index contributed by atoms with van der Waals surface area (Å²) in [6.07, 6.45) is 0. The molecule has 54 valence electrons. The average molecular weight is 142 g/mol. The van der Waals surface area contributed by atoms with Crippen LogP contribution in [0.4, 0.5) is 0 Å². The van der Waals surface area contributed by atoms with E-state index >= 15 is 0 Å². The Morgan fingerprint density at radius 2 is 2.10 bits per heavy atom. The lowest BCUT2D eigenvalue weighted by Crippen LogP contribution is -2.22. The highest BCUT2D eigenvalue weighted by Gasteiger charge is 1.91. The molecule has 0 radical (unpaired) electrons. The molecule has 1 heterocycles. The molecule has 0 fully saturated rings. The van der Waals surface area contributed by atoms with Gasteiger partial charge < -0.3 is 10.1 Å². The van der Waals surface area contributed by atoms with Crippen molar-refractivity contribution >= 4 is 0 Å². The minimum absolute atomic E-state index is 0.216. The maximum atomic E-state index is 10.5. The molecule has 10 heavy (non-hydrogen) atoms. The second-order valence-electron chi connectivity index (χ2n) is 1.77. The van der Waals surface area contributed by atoms with Gasteiger partial charge >= 0.3 is 5.69 Å². The highest BCUT2D eigenvalue weighted by Crippen LogP contribution is 1.80. The molecule has 0 atom stereocenters. The van der Waals surface area contributed by atoms with E-state index in [-0.39, 0.29) is 12.3 Å². The highest BCUT2D eigenvalue weighted by atomic mass is 16.3. The van der Waals surface area contributed by atoms with E-state index in [2.05, 4.69) is 4.98 Å². The quantitative estimate of drug-likeness (QED) is 0.448. The predicted octanol–water partition coefficient (Wildman–Crippen LogP) is -1.44. The molecular formula is C5H6N2O3. The van der Waals surface area contributed by atoms with Gasteiger partial charge in [-0.1, -0.05) is 0 Å². The Labute approximate surface area is 55.4 Å². The average Bonchev–Trinajstić information content (AvgIpc) is 1.85. The molecule has 0 aromatic carbocycles. The summed E-state index contributed by atoms with van der Waals surface area (Å²) in [5.41, 5.74) is -0.891. The van der Waals surface area contributed by atoms with E-state index in [1.807, 2.05) is 4.98 Å². The van der Waals surface area contributed by atoms with Crippen molar-refractivity contribution in [3.63, 3.8) is 0 Å². The Morgan fingerprint density at radius 3 is 2.60 bits per heavy atom. The van der Waals surface area contributed by atoms with Crippen LogP contribution in [-0.4, -0.2) is 15.1 Å². The van der Waals surface area contributed by atoms with E-state index in [1.165, 1.54) is 0 Å². The number of aliphatic hydroxyl groups is 1. The number of aromatic amines is 2. The summed E-state index contributed by atoms with van der Waals surface area (Å²) in [4.78, 5) is 25.1. The van der Waals surface area contributed by atoms with Crippen LogP contribution >= 0.6 is 0 Å². The first-order valence-corrected chi connectivity index (χ1v) is 2.66. The van der Waals surface area contributed by atoms with Crippen molar-refractivity contribution in [3.05, 3.63) is 32.6 Å². The lowest BCUT2D eigenvalue weighted by atomic mass is 10.4. The molecule has 0 spiro atoms. The number of hydrogen-bond acceptors (Lipinski definition) is 3. The largest absolute Gasteiger partial charge is 0.390 e. The Balaban J connectivity index is 3.33. The molecule has 5 nitrogen and oxygen atoms in total. The predicted molar refractivity (Wildman–Crippen MR) is 33.6 cm³/mol. The van der Waals surface area contributed by atoms with Gasteiger partial charge in [0.1, 0.15) is 0 Å². The number of hydrogen-bond donors (Lipinski definition) is 3. The van der Waals surface area contributed by atoms with Gasteiger partial charge in [-0.15, -0.1) is 0 Å². The Kier molecular flexibility index (Phi) is 1.68. The second-order valence-corrected chi connectivity index (χ2v) is 1.77. The van der Waals surface area contributed by atoms with Gasteiger partial charge in [-0.05, 0) is 0 Å². The molecule has 0 amide bonds. The number of rotatable bonds is 1. The van der Waals surface area contributed by atoms with Gasteiger partial charge in [-0.2, -0.15) is 0 Å². The van der Waals surface area contributed by atoms with Crippen LogP contribution in [0.3, 0.4) is 0 Å². The third-order valence-corrected chi connectivity index (χ3v) is 0.986. The third kappa shape index (κ3) is 1.32. The highest BCUT2D eigenvalue weighted by molar-refractivity contribution is 4.95. The summed E-state index contributed by atoms with van der Waals surface area (Å²) < 4.78 is 0. The summed E-state index contributed by atoms with van der Waals surface area (Å²) in [6.45, 7) is -0.334. The molecule has 0 bridgehead atoms. The zero-order valence-electron chi connectivity index (χ0n) is 5.05. The molecule has 1 rings (SSSR count). The molecule has 0 saturated carbocycles. The van der Waals surface area contributed by atoms with Gasteiger partial charge in [0, 0.05) is 6.07 Å². The van der Waals surface area contributed by atoms with Crippen LogP contribution in [0.1, 0.15) is 5.69 Å². The van der Waals surface area contributed by atoms with Crippen LogP contribution in [0.25, 0.3) is 0 Å². The fraction of sp³-hybridized carbons (Fsp3) is 0.200. The van der Waals surface area contributed by atoms with Crippen LogP contribution < -0.4 is 11.2 Å². The van der Waals surface area contributed by atoms with Crippen LogP contribution in [0.2, 0.25) is 0 Å². The van der Waals surface area contributed by atoms with Crippen molar-refractivity contribution in [1.29, 1.82) is 0 Å². The number of H-pyrrole nitrogens is 2. The van der Waals surface area contributed by atoms with Gasteiger partial charge in [0.05, 0.1) is 12.3 Å². The number of nitrogens with one attached hydrogen (secondary N) is 2. The lowest BCUT2D eigenvalue weighted by molar-refractivity contribution is 0.276. The SMILES string of the molecule is O=c1cc(CO)[nH]c(=O)[nH]1. The van der Waals surface area contributed by atoms with E-state index in [0.717, 1.165) is 6.07 Å². The molecule has 0 aliphatic rings. The number of aromatic nitrogens is 2. The van der Waals surface area contributed by atoms with Gasteiger partial charge in [0.25, 0.3) is 5.56 Å². The molecule has 1 aromatic heterocycles.